The lowest BCUT2D eigenvalue weighted by molar-refractivity contribution is -0.120. The molecule has 1 amide bonds. The van der Waals surface area contributed by atoms with Crippen LogP contribution in [0.4, 0.5) is 4.39 Å². The molecule has 4 nitrogen and oxygen atoms in total. The first-order valence-electron chi connectivity index (χ1n) is 8.35. The second kappa shape index (κ2) is 7.78. The molecule has 132 valence electrons. The van der Waals surface area contributed by atoms with Gasteiger partial charge in [0.15, 0.2) is 0 Å². The molecule has 0 spiro atoms. The van der Waals surface area contributed by atoms with Crippen LogP contribution in [-0.4, -0.2) is 16.7 Å². The molecule has 0 aliphatic carbocycles. The fraction of sp³-hybridized carbons (Fsp3) is 0.143. The van der Waals surface area contributed by atoms with Crippen LogP contribution < -0.4 is 5.43 Å². The van der Waals surface area contributed by atoms with Crippen LogP contribution in [0.5, 0.6) is 0 Å². The summed E-state index contributed by atoms with van der Waals surface area (Å²) in [5.74, 6) is -0.454. The zero-order chi connectivity index (χ0) is 18.5. The molecule has 1 N–H and O–H groups in total. The van der Waals surface area contributed by atoms with E-state index in [0.717, 1.165) is 28.2 Å². The maximum atomic E-state index is 13.5. The van der Waals surface area contributed by atoms with Crippen molar-refractivity contribution >= 4 is 12.1 Å². The van der Waals surface area contributed by atoms with Crippen LogP contribution in [0.1, 0.15) is 22.5 Å². The Morgan fingerprint density at radius 3 is 2.62 bits per heavy atom. The van der Waals surface area contributed by atoms with Gasteiger partial charge in [0.2, 0.25) is 5.91 Å². The van der Waals surface area contributed by atoms with Crippen LogP contribution in [-0.2, 0) is 11.2 Å². The highest BCUT2D eigenvalue weighted by atomic mass is 19.1. The number of aromatic nitrogens is 1. The minimum absolute atomic E-state index is 0.175. The first-order chi connectivity index (χ1) is 12.5. The van der Waals surface area contributed by atoms with Gasteiger partial charge in [0.05, 0.1) is 12.6 Å². The summed E-state index contributed by atoms with van der Waals surface area (Å²) in [5, 5.41) is 4.05. The average molecular weight is 349 g/mol. The highest BCUT2D eigenvalue weighted by Gasteiger charge is 2.10. The van der Waals surface area contributed by atoms with E-state index in [9.17, 15) is 9.18 Å². The normalized spacial score (nSPS) is 11.0. The van der Waals surface area contributed by atoms with E-state index < -0.39 is 0 Å². The van der Waals surface area contributed by atoms with Crippen molar-refractivity contribution < 1.29 is 9.18 Å². The van der Waals surface area contributed by atoms with Crippen molar-refractivity contribution in [3.63, 3.8) is 0 Å². The van der Waals surface area contributed by atoms with E-state index in [-0.39, 0.29) is 18.1 Å². The lowest BCUT2D eigenvalue weighted by Crippen LogP contribution is -2.19. The summed E-state index contributed by atoms with van der Waals surface area (Å²) in [6.45, 7) is 3.88. The predicted octanol–water partition coefficient (Wildman–Crippen LogP) is 3.93. The number of carbonyl (C=O) groups excluding carboxylic acids is 1. The van der Waals surface area contributed by atoms with Crippen molar-refractivity contribution in [1.29, 1.82) is 0 Å². The summed E-state index contributed by atoms with van der Waals surface area (Å²) in [7, 11) is 0. The third kappa shape index (κ3) is 4.06. The van der Waals surface area contributed by atoms with Gasteiger partial charge < -0.3 is 4.57 Å². The van der Waals surface area contributed by atoms with Crippen molar-refractivity contribution in [2.45, 2.75) is 20.3 Å². The molecule has 0 fully saturated rings. The molecule has 1 aromatic heterocycles. The Hall–Kier alpha value is -3.21. The molecule has 0 radical (unpaired) electrons. The van der Waals surface area contributed by atoms with Crippen molar-refractivity contribution in [2.75, 3.05) is 0 Å². The Balaban J connectivity index is 1.71. The van der Waals surface area contributed by atoms with Gasteiger partial charge in [-0.2, -0.15) is 5.10 Å². The molecular weight excluding hydrogens is 329 g/mol. The quantitative estimate of drug-likeness (QED) is 0.551. The van der Waals surface area contributed by atoms with Crippen LogP contribution in [0.2, 0.25) is 0 Å². The number of carbonyl (C=O) groups is 1. The predicted molar refractivity (Wildman–Crippen MR) is 101 cm³/mol. The van der Waals surface area contributed by atoms with Crippen LogP contribution >= 0.6 is 0 Å². The van der Waals surface area contributed by atoms with Gasteiger partial charge in [-0.1, -0.05) is 36.4 Å². The lowest BCUT2D eigenvalue weighted by Gasteiger charge is -2.09. The van der Waals surface area contributed by atoms with Gasteiger partial charge >= 0.3 is 0 Å². The van der Waals surface area contributed by atoms with E-state index in [1.807, 2.05) is 60.9 Å². The molecule has 3 rings (SSSR count). The first kappa shape index (κ1) is 17.6. The lowest BCUT2D eigenvalue weighted by atomic mass is 10.1. The smallest absolute Gasteiger partial charge is 0.244 e. The summed E-state index contributed by atoms with van der Waals surface area (Å²) in [6.07, 6.45) is 1.89. The number of hydrogen-bond donors (Lipinski definition) is 1. The minimum atomic E-state index is -0.279. The molecule has 0 saturated carbocycles. The molecule has 1 heterocycles. The topological polar surface area (TPSA) is 46.4 Å². The summed E-state index contributed by atoms with van der Waals surface area (Å²) in [4.78, 5) is 11.9. The van der Waals surface area contributed by atoms with Crippen LogP contribution in [0.15, 0.2) is 65.8 Å². The SMILES string of the molecule is Cc1cc(/C=N/NC(=O)Cc2ccccc2)c(C)n1-c1cccc(F)c1. The number of rotatable bonds is 5. The summed E-state index contributed by atoms with van der Waals surface area (Å²) < 4.78 is 15.5. The summed E-state index contributed by atoms with van der Waals surface area (Å²) in [5.41, 5.74) is 6.99. The van der Waals surface area contributed by atoms with E-state index in [2.05, 4.69) is 10.5 Å². The molecule has 2 aromatic carbocycles. The zero-order valence-corrected chi connectivity index (χ0v) is 14.7. The maximum Gasteiger partial charge on any atom is 0.244 e. The van der Waals surface area contributed by atoms with E-state index in [4.69, 9.17) is 0 Å². The fourth-order valence-corrected chi connectivity index (χ4v) is 2.93. The van der Waals surface area contributed by atoms with Gasteiger partial charge in [0, 0.05) is 22.6 Å². The minimum Gasteiger partial charge on any atom is -0.318 e. The van der Waals surface area contributed by atoms with E-state index in [1.54, 1.807) is 12.3 Å². The molecule has 3 aromatic rings. The van der Waals surface area contributed by atoms with Gasteiger partial charge in [-0.25, -0.2) is 9.82 Å². The molecule has 26 heavy (non-hydrogen) atoms. The Bertz CT molecular complexity index is 945. The molecule has 0 saturated heterocycles. The number of amides is 1. The third-order valence-electron chi connectivity index (χ3n) is 4.14. The number of hydrogen-bond acceptors (Lipinski definition) is 2. The Morgan fingerprint density at radius 2 is 1.88 bits per heavy atom. The van der Waals surface area contributed by atoms with Gasteiger partial charge in [-0.15, -0.1) is 0 Å². The Kier molecular flexibility index (Phi) is 5.27. The second-order valence-corrected chi connectivity index (χ2v) is 6.10. The van der Waals surface area contributed by atoms with Gasteiger partial charge in [-0.05, 0) is 43.7 Å². The number of benzene rings is 2. The highest BCUT2D eigenvalue weighted by molar-refractivity contribution is 5.84. The summed E-state index contributed by atoms with van der Waals surface area (Å²) in [6, 6.07) is 17.9. The molecular formula is C21H20FN3O. The van der Waals surface area contributed by atoms with E-state index in [0.29, 0.717) is 0 Å². The Labute approximate surface area is 152 Å². The van der Waals surface area contributed by atoms with Gasteiger partial charge in [-0.3, -0.25) is 4.79 Å². The second-order valence-electron chi connectivity index (χ2n) is 6.10. The number of hydrazone groups is 1. The monoisotopic (exact) mass is 349 g/mol. The average Bonchev–Trinajstić information content (AvgIpc) is 2.89. The summed E-state index contributed by atoms with van der Waals surface area (Å²) >= 11 is 0. The molecule has 0 bridgehead atoms. The molecule has 0 atom stereocenters. The fourth-order valence-electron chi connectivity index (χ4n) is 2.93. The zero-order valence-electron chi connectivity index (χ0n) is 14.7. The molecule has 5 heteroatoms. The highest BCUT2D eigenvalue weighted by Crippen LogP contribution is 2.20. The standard InChI is InChI=1S/C21H20FN3O/c1-15-11-18(16(2)25(15)20-10-6-9-19(22)13-20)14-23-24-21(26)12-17-7-4-3-5-8-17/h3-11,13-14H,12H2,1-2H3,(H,24,26)/b23-14+. The van der Waals surface area contributed by atoms with Gasteiger partial charge in [0.25, 0.3) is 0 Å². The number of nitrogens with one attached hydrogen (secondary N) is 1. The van der Waals surface area contributed by atoms with Crippen LogP contribution in [0.3, 0.4) is 0 Å². The molecule has 0 aliphatic heterocycles. The van der Waals surface area contributed by atoms with Crippen LogP contribution in [0.25, 0.3) is 5.69 Å². The van der Waals surface area contributed by atoms with Crippen molar-refractivity contribution in [3.05, 3.63) is 89.0 Å². The van der Waals surface area contributed by atoms with Crippen LogP contribution in [0, 0.1) is 19.7 Å². The third-order valence-corrected chi connectivity index (χ3v) is 4.14. The number of aryl methyl sites for hydroxylation is 1. The van der Waals surface area contributed by atoms with Gasteiger partial charge in [0.1, 0.15) is 5.82 Å². The van der Waals surface area contributed by atoms with Crippen molar-refractivity contribution in [1.82, 2.24) is 9.99 Å². The van der Waals surface area contributed by atoms with E-state index >= 15 is 0 Å². The Morgan fingerprint density at radius 1 is 1.12 bits per heavy atom. The first-order valence-corrected chi connectivity index (χ1v) is 8.35. The van der Waals surface area contributed by atoms with E-state index in [1.165, 1.54) is 12.1 Å². The largest absolute Gasteiger partial charge is 0.318 e. The maximum absolute atomic E-state index is 13.5. The molecule has 0 unspecified atom stereocenters. The van der Waals surface area contributed by atoms with Crippen molar-refractivity contribution in [3.8, 4) is 5.69 Å². The number of nitrogens with zero attached hydrogens (tertiary/aromatic N) is 2. The number of halogens is 1. The van der Waals surface area contributed by atoms with Crippen molar-refractivity contribution in [2.24, 2.45) is 5.10 Å². The molecule has 0 aliphatic rings.